The van der Waals surface area contributed by atoms with Crippen LogP contribution in [0.5, 0.6) is 0 Å². The van der Waals surface area contributed by atoms with Crippen LogP contribution in [0.4, 0.5) is 17.1 Å². The van der Waals surface area contributed by atoms with Crippen LogP contribution in [0.1, 0.15) is 240 Å². The molecule has 10 aromatic rings. The molecule has 4 aliphatic rings. The molecular weight excluding hydrogens is 1580 g/mol. The van der Waals surface area contributed by atoms with Crippen LogP contribution in [0.2, 0.25) is 0 Å². The van der Waals surface area contributed by atoms with E-state index in [0.29, 0.717) is 17.0 Å². The van der Waals surface area contributed by atoms with Gasteiger partial charge in [-0.3, -0.25) is 4.79 Å². The van der Waals surface area contributed by atoms with Gasteiger partial charge >= 0.3 is 14.2 Å². The second-order valence-corrected chi connectivity index (χ2v) is 35.5. The van der Waals surface area contributed by atoms with Gasteiger partial charge in [0.15, 0.2) is 5.78 Å². The van der Waals surface area contributed by atoms with E-state index < -0.39 is 42.1 Å². The van der Waals surface area contributed by atoms with Crippen LogP contribution >= 0.6 is 63.7 Å². The molecule has 10 aromatic carbocycles. The average Bonchev–Trinajstić information content (AvgIpc) is 1.52. The van der Waals surface area contributed by atoms with Gasteiger partial charge in [0.2, 0.25) is 0 Å². The normalized spacial score (nSPS) is 16.5. The van der Waals surface area contributed by atoms with Crippen LogP contribution in [0, 0.1) is 0 Å². The van der Waals surface area contributed by atoms with Crippen molar-refractivity contribution < 1.29 is 23.4 Å². The zero-order chi connectivity index (χ0) is 75.9. The Morgan fingerprint density at radius 2 is 0.710 bits per heavy atom. The van der Waals surface area contributed by atoms with Gasteiger partial charge in [0.1, 0.15) is 0 Å². The van der Waals surface area contributed by atoms with Crippen LogP contribution in [-0.2, 0) is 29.4 Å². The topological polar surface area (TPSA) is 57.2 Å². The largest absolute Gasteiger partial charge is 0.494 e. The van der Waals surface area contributed by atoms with Gasteiger partial charge in [0, 0.05) is 51.5 Å². The molecule has 2 saturated heterocycles. The summed E-state index contributed by atoms with van der Waals surface area (Å²) in [5, 5.41) is 0. The SMILES string of the molecule is CCC(C)c1ccc(N(c2ccc(Br)cc2)c2ccc(Br)cc2)cc1.CCCCCCCCC1(CCCCCCCC)c2ccccc2-c2cc3c(cc21)-c1ccccc1C3(c1ccc(B2OC(C)(C)C(C)(C)O2)cc1)c1ccc(B2OC(C)(C)C(C)(C)O2)cc1.O=C(c1ccc(Br)cc1)c1ccc(Br)cc1. The molecule has 14 rings (SSSR count). The Kier molecular flexibility index (Phi) is 25.8. The van der Waals surface area contributed by atoms with Crippen LogP contribution < -0.4 is 15.8 Å². The first-order valence-electron chi connectivity index (χ1n) is 39.1. The maximum absolute atomic E-state index is 12.0. The summed E-state index contributed by atoms with van der Waals surface area (Å²) >= 11 is 13.7. The van der Waals surface area contributed by atoms with Gasteiger partial charge in [-0.25, -0.2) is 0 Å². The Balaban J connectivity index is 0.000000211. The number of unbranched alkanes of at least 4 members (excludes halogenated alkanes) is 10. The molecule has 1 atom stereocenters. The Bertz CT molecular complexity index is 4420. The van der Waals surface area contributed by atoms with Gasteiger partial charge in [0.25, 0.3) is 0 Å². The van der Waals surface area contributed by atoms with Crippen LogP contribution in [0.15, 0.2) is 248 Å². The fourth-order valence-corrected chi connectivity index (χ4v) is 17.1. The zero-order valence-electron chi connectivity index (χ0n) is 64.8. The number of halogens is 4. The predicted molar refractivity (Wildman–Crippen MR) is 464 cm³/mol. The number of fused-ring (bicyclic) bond motifs is 6. The highest BCUT2D eigenvalue weighted by Crippen LogP contribution is 2.62. The molecule has 2 aliphatic carbocycles. The fraction of sp³-hybridized carbons (Fsp3) is 0.358. The summed E-state index contributed by atoms with van der Waals surface area (Å²) in [4.78, 5) is 14.3. The van der Waals surface area contributed by atoms with Gasteiger partial charge in [-0.15, -0.1) is 0 Å². The van der Waals surface area contributed by atoms with Gasteiger partial charge in [-0.1, -0.05) is 278 Å². The van der Waals surface area contributed by atoms with Crippen molar-refractivity contribution >= 4 is 112 Å². The molecule has 0 bridgehead atoms. The van der Waals surface area contributed by atoms with Crippen molar-refractivity contribution in [3.8, 4) is 22.3 Å². The zero-order valence-corrected chi connectivity index (χ0v) is 71.1. The lowest BCUT2D eigenvalue weighted by Gasteiger charge is -2.35. The molecule has 107 heavy (non-hydrogen) atoms. The number of carbonyl (C=O) groups is 1. The molecule has 0 N–H and O–H groups in total. The minimum Gasteiger partial charge on any atom is -0.399 e. The summed E-state index contributed by atoms with van der Waals surface area (Å²) in [5.74, 6) is 0.628. The number of ketones is 1. The second kappa shape index (κ2) is 34.4. The van der Waals surface area contributed by atoms with E-state index in [2.05, 4.69) is 334 Å². The van der Waals surface area contributed by atoms with Crippen LogP contribution in [0.25, 0.3) is 22.3 Å². The van der Waals surface area contributed by atoms with E-state index in [-0.39, 0.29) is 11.2 Å². The van der Waals surface area contributed by atoms with Crippen molar-refractivity contribution in [2.75, 3.05) is 4.90 Å². The second-order valence-electron chi connectivity index (χ2n) is 31.9. The highest BCUT2D eigenvalue weighted by molar-refractivity contribution is 9.11. The quantitative estimate of drug-likeness (QED) is 0.0323. The molecule has 0 aromatic heterocycles. The van der Waals surface area contributed by atoms with Gasteiger partial charge < -0.3 is 23.5 Å². The lowest BCUT2D eigenvalue weighted by Crippen LogP contribution is -2.41. The van der Waals surface area contributed by atoms with Crippen LogP contribution in [-0.4, -0.2) is 42.4 Å². The van der Waals surface area contributed by atoms with Crippen LogP contribution in [0.3, 0.4) is 0 Å². The minimum atomic E-state index is -0.595. The monoisotopic (exact) mass is 1680 g/mol. The van der Waals surface area contributed by atoms with E-state index in [9.17, 15) is 4.79 Å². The van der Waals surface area contributed by atoms with E-state index >= 15 is 0 Å². The molecule has 0 spiro atoms. The fourth-order valence-electron chi connectivity index (χ4n) is 16.0. The van der Waals surface area contributed by atoms with Crippen molar-refractivity contribution in [1.29, 1.82) is 0 Å². The van der Waals surface area contributed by atoms with E-state index in [1.165, 1.54) is 140 Å². The number of nitrogens with zero attached hydrogens (tertiary/aromatic N) is 1. The summed E-state index contributed by atoms with van der Waals surface area (Å²) in [6.07, 6.45) is 19.3. The number of hydrogen-bond acceptors (Lipinski definition) is 6. The molecule has 554 valence electrons. The minimum absolute atomic E-state index is 0.00830. The Hall–Kier alpha value is -6.44. The summed E-state index contributed by atoms with van der Waals surface area (Å²) in [7, 11) is -0.873. The van der Waals surface area contributed by atoms with E-state index in [4.69, 9.17) is 18.6 Å². The molecule has 0 saturated carbocycles. The smallest absolute Gasteiger partial charge is 0.399 e. The molecular formula is C95H105B2Br4NO5. The Morgan fingerprint density at radius 1 is 0.374 bits per heavy atom. The summed E-state index contributed by atoms with van der Waals surface area (Å²) < 4.78 is 30.5. The lowest BCUT2D eigenvalue weighted by molar-refractivity contribution is 0.00578. The summed E-state index contributed by atoms with van der Waals surface area (Å²) in [5.41, 5.74) is 19.8. The van der Waals surface area contributed by atoms with Gasteiger partial charge in [0.05, 0.1) is 27.8 Å². The molecule has 1 unspecified atom stereocenters. The van der Waals surface area contributed by atoms with Crippen molar-refractivity contribution in [2.24, 2.45) is 0 Å². The number of hydrogen-bond donors (Lipinski definition) is 0. The van der Waals surface area contributed by atoms with E-state index in [1.54, 1.807) is 11.1 Å². The highest BCUT2D eigenvalue weighted by Gasteiger charge is 2.55. The Labute approximate surface area is 673 Å². The number of rotatable bonds is 25. The molecule has 0 amide bonds. The third-order valence-electron chi connectivity index (χ3n) is 23.8. The van der Waals surface area contributed by atoms with Gasteiger partial charge in [-0.05, 0) is 274 Å². The average molecular weight is 1680 g/mol. The Morgan fingerprint density at radius 3 is 1.11 bits per heavy atom. The van der Waals surface area contributed by atoms with Crippen molar-refractivity contribution in [3.05, 3.63) is 298 Å². The van der Waals surface area contributed by atoms with Gasteiger partial charge in [-0.2, -0.15) is 0 Å². The van der Waals surface area contributed by atoms with Crippen molar-refractivity contribution in [2.45, 2.75) is 219 Å². The highest BCUT2D eigenvalue weighted by atomic mass is 79.9. The van der Waals surface area contributed by atoms with Crippen molar-refractivity contribution in [3.63, 3.8) is 0 Å². The standard InChI is InChI=1S/C60H76B2O4.C22H21Br2N.C13H8Br2O/c1-11-13-15-17-19-25-39-59(40-26-20-18-16-14-12-2)51-29-23-21-27-47(51)49-42-54-50(41-53(49)59)48-28-22-24-30-52(48)60(54,43-31-35-45(36-32-43)61-63-55(3,4)56(5,6)64-61)44-33-37-46(38-34-44)62-65-57(7,8)58(9,10)66-62;1-3-16(2)17-4-10-20(11-5-17)25(21-12-6-18(23)7-13-21)22-14-8-19(24)9-15-22;14-11-5-1-9(2-6-11)13(16)10-3-7-12(15)8-4-10/h21-24,27-38,41-42H,11-20,25-26,39-40H2,1-10H3;4-16H,3H2,1-2H3;1-8H. The van der Waals surface area contributed by atoms with E-state index in [1.807, 2.05) is 48.5 Å². The summed E-state index contributed by atoms with van der Waals surface area (Å²) in [6, 6.07) is 82.9. The lowest BCUT2D eigenvalue weighted by atomic mass is 9.65. The number of carbonyl (C=O) groups excluding carboxylic acids is 1. The first-order chi connectivity index (χ1) is 51.3. The van der Waals surface area contributed by atoms with Crippen molar-refractivity contribution in [1.82, 2.24) is 0 Å². The maximum Gasteiger partial charge on any atom is 0.494 e. The molecule has 2 heterocycles. The molecule has 12 heteroatoms. The predicted octanol–water partition coefficient (Wildman–Crippen LogP) is 27.1. The maximum atomic E-state index is 12.0. The number of benzene rings is 10. The van der Waals surface area contributed by atoms with E-state index in [0.717, 1.165) is 52.3 Å². The third kappa shape index (κ3) is 17.1. The first kappa shape index (κ1) is 80.1. The molecule has 2 fully saturated rings. The molecule has 6 nitrogen and oxygen atoms in total. The first-order valence-corrected chi connectivity index (χ1v) is 42.3. The molecule has 0 radical (unpaired) electrons. The molecule has 2 aliphatic heterocycles. The summed E-state index contributed by atoms with van der Waals surface area (Å²) in [6.45, 7) is 26.2. The number of anilines is 3. The third-order valence-corrected chi connectivity index (χ3v) is 25.9.